The molecule has 2 aromatic carbocycles. The van der Waals surface area contributed by atoms with Crippen molar-refractivity contribution in [1.82, 2.24) is 4.31 Å². The van der Waals surface area contributed by atoms with Crippen LogP contribution in [0.15, 0.2) is 64.5 Å². The first kappa shape index (κ1) is 15.5. The highest BCUT2D eigenvalue weighted by Crippen LogP contribution is 2.32. The Bertz CT molecular complexity index is 820. The highest BCUT2D eigenvalue weighted by molar-refractivity contribution is 7.89. The number of hydrogen-bond acceptors (Lipinski definition) is 4. The summed E-state index contributed by atoms with van der Waals surface area (Å²) in [6.45, 7) is 0.271. The van der Waals surface area contributed by atoms with Crippen molar-refractivity contribution < 1.29 is 17.5 Å². The molecule has 0 radical (unpaired) electrons. The second kappa shape index (κ2) is 6.00. The van der Waals surface area contributed by atoms with Gasteiger partial charge in [-0.2, -0.15) is 0 Å². The fourth-order valence-electron chi connectivity index (χ4n) is 2.50. The lowest BCUT2D eigenvalue weighted by molar-refractivity contribution is 0.333. The summed E-state index contributed by atoms with van der Waals surface area (Å²) in [4.78, 5) is 4.16. The Labute approximate surface area is 134 Å². The third-order valence-corrected chi connectivity index (χ3v) is 5.40. The van der Waals surface area contributed by atoms with E-state index in [0.29, 0.717) is 0 Å². The van der Waals surface area contributed by atoms with Crippen molar-refractivity contribution in [3.63, 3.8) is 0 Å². The van der Waals surface area contributed by atoms with Gasteiger partial charge in [-0.05, 0) is 29.8 Å². The van der Waals surface area contributed by atoms with Crippen LogP contribution in [0.3, 0.4) is 0 Å². The molecule has 1 aliphatic heterocycles. The summed E-state index contributed by atoms with van der Waals surface area (Å²) < 4.78 is 45.2. The van der Waals surface area contributed by atoms with E-state index in [4.69, 9.17) is 4.74 Å². The predicted molar refractivity (Wildman–Crippen MR) is 83.9 cm³/mol. The average Bonchev–Trinajstić information content (AvgIpc) is 3.01. The summed E-state index contributed by atoms with van der Waals surface area (Å²) in [7, 11) is -2.53. The van der Waals surface area contributed by atoms with E-state index in [1.165, 1.54) is 19.2 Å². The second-order valence-corrected chi connectivity index (χ2v) is 6.82. The number of sulfonamides is 1. The van der Waals surface area contributed by atoms with Crippen molar-refractivity contribution >= 4 is 16.0 Å². The van der Waals surface area contributed by atoms with Gasteiger partial charge in [0, 0.05) is 0 Å². The number of ether oxygens (including phenoxy) is 1. The number of nitrogens with zero attached hydrogens (tertiary/aromatic N) is 2. The molecule has 120 valence electrons. The molecule has 0 bridgehead atoms. The van der Waals surface area contributed by atoms with Crippen LogP contribution in [0, 0.1) is 5.82 Å². The summed E-state index contributed by atoms with van der Waals surface area (Å²) in [5, 5.41) is 0. The monoisotopic (exact) mass is 334 g/mol. The molecule has 0 saturated heterocycles. The molecule has 1 aliphatic rings. The van der Waals surface area contributed by atoms with Crippen LogP contribution in [0.25, 0.3) is 0 Å². The van der Waals surface area contributed by atoms with Gasteiger partial charge in [0.2, 0.25) is 0 Å². The SMILES string of the molecule is COC1=NCC(c2ccccc2)N1S(=O)(=O)c1ccc(F)cc1. The molecule has 5 nitrogen and oxygen atoms in total. The molecular formula is C16H15FN2O3S. The fraction of sp³-hybridized carbons (Fsp3) is 0.188. The number of methoxy groups -OCH3 is 1. The van der Waals surface area contributed by atoms with Crippen LogP contribution < -0.4 is 0 Å². The number of halogens is 1. The van der Waals surface area contributed by atoms with Gasteiger partial charge in [-0.3, -0.25) is 0 Å². The number of hydrogen-bond donors (Lipinski definition) is 0. The van der Waals surface area contributed by atoms with E-state index in [1.807, 2.05) is 30.3 Å². The summed E-state index contributed by atoms with van der Waals surface area (Å²) in [6, 6.07) is 13.5. The lowest BCUT2D eigenvalue weighted by Crippen LogP contribution is -2.37. The Hall–Kier alpha value is -2.41. The number of benzene rings is 2. The first-order valence-corrected chi connectivity index (χ1v) is 8.41. The van der Waals surface area contributed by atoms with E-state index in [9.17, 15) is 12.8 Å². The van der Waals surface area contributed by atoms with Gasteiger partial charge in [-0.1, -0.05) is 30.3 Å². The van der Waals surface area contributed by atoms with Crippen molar-refractivity contribution in [2.75, 3.05) is 13.7 Å². The summed E-state index contributed by atoms with van der Waals surface area (Å²) in [6.07, 6.45) is 0. The molecule has 7 heteroatoms. The lowest BCUT2D eigenvalue weighted by atomic mass is 10.1. The zero-order valence-electron chi connectivity index (χ0n) is 12.4. The number of aliphatic imine (C=N–C) groups is 1. The van der Waals surface area contributed by atoms with Crippen LogP contribution >= 0.6 is 0 Å². The first-order valence-electron chi connectivity index (χ1n) is 6.97. The third kappa shape index (κ3) is 2.79. The minimum atomic E-state index is -3.90. The normalized spacial score (nSPS) is 17.9. The van der Waals surface area contributed by atoms with Crippen LogP contribution in [-0.4, -0.2) is 32.4 Å². The van der Waals surface area contributed by atoms with E-state index < -0.39 is 21.9 Å². The highest BCUT2D eigenvalue weighted by atomic mass is 32.2. The minimum Gasteiger partial charge on any atom is -0.468 e. The maximum atomic E-state index is 13.1. The molecule has 1 unspecified atom stereocenters. The Kier molecular flexibility index (Phi) is 4.04. The minimum absolute atomic E-state index is 0.00789. The molecule has 3 rings (SSSR count). The van der Waals surface area contributed by atoms with Gasteiger partial charge >= 0.3 is 6.02 Å². The van der Waals surface area contributed by atoms with Crippen LogP contribution in [0.4, 0.5) is 4.39 Å². The third-order valence-electron chi connectivity index (χ3n) is 3.61. The zero-order chi connectivity index (χ0) is 16.4. The molecule has 2 aromatic rings. The molecule has 0 saturated carbocycles. The zero-order valence-corrected chi connectivity index (χ0v) is 13.2. The van der Waals surface area contributed by atoms with Crippen LogP contribution in [-0.2, 0) is 14.8 Å². The quantitative estimate of drug-likeness (QED) is 0.867. The van der Waals surface area contributed by atoms with E-state index in [2.05, 4.69) is 4.99 Å². The fourth-order valence-corrected chi connectivity index (χ4v) is 4.07. The topological polar surface area (TPSA) is 59.0 Å². The molecule has 0 fully saturated rings. The first-order chi connectivity index (χ1) is 11.0. The Morgan fingerprint density at radius 2 is 1.78 bits per heavy atom. The number of amidine groups is 1. The summed E-state index contributed by atoms with van der Waals surface area (Å²) >= 11 is 0. The van der Waals surface area contributed by atoms with Crippen molar-refractivity contribution in [2.45, 2.75) is 10.9 Å². The average molecular weight is 334 g/mol. The van der Waals surface area contributed by atoms with Crippen LogP contribution in [0.1, 0.15) is 11.6 Å². The Morgan fingerprint density at radius 1 is 1.13 bits per heavy atom. The molecule has 0 aromatic heterocycles. The Balaban J connectivity index is 2.05. The number of rotatable bonds is 3. The molecule has 0 N–H and O–H groups in total. The molecule has 23 heavy (non-hydrogen) atoms. The van der Waals surface area contributed by atoms with Gasteiger partial charge in [0.25, 0.3) is 10.0 Å². The molecule has 0 aliphatic carbocycles. The molecule has 0 amide bonds. The van der Waals surface area contributed by atoms with E-state index >= 15 is 0 Å². The molecule has 1 heterocycles. The van der Waals surface area contributed by atoms with Crippen molar-refractivity contribution in [3.05, 3.63) is 66.0 Å². The maximum absolute atomic E-state index is 13.1. The van der Waals surface area contributed by atoms with Gasteiger partial charge in [0.05, 0.1) is 24.6 Å². The summed E-state index contributed by atoms with van der Waals surface area (Å²) in [5.74, 6) is -0.495. The van der Waals surface area contributed by atoms with E-state index in [1.54, 1.807) is 0 Å². The van der Waals surface area contributed by atoms with Gasteiger partial charge in [-0.25, -0.2) is 22.1 Å². The molecule has 1 atom stereocenters. The Morgan fingerprint density at radius 3 is 2.39 bits per heavy atom. The molecular weight excluding hydrogens is 319 g/mol. The maximum Gasteiger partial charge on any atom is 0.302 e. The van der Waals surface area contributed by atoms with Crippen molar-refractivity contribution in [3.8, 4) is 0 Å². The van der Waals surface area contributed by atoms with Crippen LogP contribution in [0.5, 0.6) is 0 Å². The van der Waals surface area contributed by atoms with Crippen LogP contribution in [0.2, 0.25) is 0 Å². The standard InChI is InChI=1S/C16H15FN2O3S/c1-22-16-18-11-15(12-5-3-2-4-6-12)19(16)23(20,21)14-9-7-13(17)8-10-14/h2-10,15H,11H2,1H3. The lowest BCUT2D eigenvalue weighted by Gasteiger charge is -2.26. The van der Waals surface area contributed by atoms with Gasteiger partial charge in [0.1, 0.15) is 5.82 Å². The largest absolute Gasteiger partial charge is 0.468 e. The van der Waals surface area contributed by atoms with E-state index in [0.717, 1.165) is 22.0 Å². The smallest absolute Gasteiger partial charge is 0.302 e. The predicted octanol–water partition coefficient (Wildman–Crippen LogP) is 2.57. The van der Waals surface area contributed by atoms with E-state index in [-0.39, 0.29) is 17.5 Å². The second-order valence-electron chi connectivity index (χ2n) is 5.01. The molecule has 0 spiro atoms. The van der Waals surface area contributed by atoms with Gasteiger partial charge in [0.15, 0.2) is 0 Å². The highest BCUT2D eigenvalue weighted by Gasteiger charge is 2.39. The van der Waals surface area contributed by atoms with Gasteiger partial charge < -0.3 is 4.74 Å². The van der Waals surface area contributed by atoms with Crippen molar-refractivity contribution in [2.24, 2.45) is 4.99 Å². The van der Waals surface area contributed by atoms with Crippen molar-refractivity contribution in [1.29, 1.82) is 0 Å². The van der Waals surface area contributed by atoms with Gasteiger partial charge in [-0.15, -0.1) is 0 Å². The summed E-state index contributed by atoms with van der Waals surface area (Å²) in [5.41, 5.74) is 0.814.